The molecule has 0 aliphatic carbocycles. The Kier molecular flexibility index (Phi) is 25.6. The zero-order valence-corrected chi connectivity index (χ0v) is 13.9. The molecule has 150 valence electrons. The van der Waals surface area contributed by atoms with Gasteiger partial charge in [0.1, 0.15) is 0 Å². The molecule has 0 bridgehead atoms. The van der Waals surface area contributed by atoms with Crippen LogP contribution >= 0.6 is 0 Å². The van der Waals surface area contributed by atoms with Gasteiger partial charge in [-0.15, -0.1) is 0 Å². The van der Waals surface area contributed by atoms with Crippen LogP contribution in [0.5, 0.6) is 0 Å². The van der Waals surface area contributed by atoms with E-state index >= 15 is 0 Å². The van der Waals surface area contributed by atoms with E-state index in [4.69, 9.17) is 0 Å². The minimum absolute atomic E-state index is 0. The molecule has 6 radical (unpaired) electrons. The Bertz CT molecular complexity index is 213. The normalized spacial score (nSPS) is 11.2. The molecule has 24 heavy (non-hydrogen) atoms. The monoisotopic (exact) mass is 548 g/mol. The third-order valence-corrected chi connectivity index (χ3v) is 0.643. The number of rotatable bonds is 0. The Hall–Kier alpha value is 0.348. The fraction of sp³-hybridized carbons (Fsp3) is 0.500. The van der Waals surface area contributed by atoms with E-state index in [1.807, 2.05) is 0 Å². The Morgan fingerprint density at radius 2 is 0.417 bits per heavy atom. The second-order valence-electron chi connectivity index (χ2n) is 2.27. The first kappa shape index (κ1) is 39.4. The maximum Gasteiger partial charge on any atom is 0.460 e. The molecular weight excluding hydrogens is 550 g/mol. The smallest absolute Gasteiger partial charge is 0.460 e. The van der Waals surface area contributed by atoms with Crippen molar-refractivity contribution < 1.29 is 90.7 Å². The van der Waals surface area contributed by atoms with E-state index in [2.05, 4.69) is 0 Å². The maximum atomic E-state index is 10.4. The number of halogens is 17. The number of hydrogen-bond donors (Lipinski definition) is 0. The summed E-state index contributed by atoms with van der Waals surface area (Å²) in [5.41, 5.74) is 0. The second-order valence-corrected chi connectivity index (χ2v) is 2.27. The predicted molar refractivity (Wildman–Crippen MR) is 40.3 cm³/mol. The molecule has 0 heterocycles. The van der Waals surface area contributed by atoms with Gasteiger partial charge in [0.05, 0.1) is 0 Å². The van der Waals surface area contributed by atoms with Crippen molar-refractivity contribution in [3.63, 3.8) is 0 Å². The van der Waals surface area contributed by atoms with Gasteiger partial charge >= 0.3 is 37.8 Å². The molecule has 0 nitrogen and oxygen atoms in total. The van der Waals surface area contributed by atoms with Crippen LogP contribution in [0.1, 0.15) is 0 Å². The van der Waals surface area contributed by atoms with Gasteiger partial charge in [-0.3, -0.25) is 0 Å². The van der Waals surface area contributed by atoms with Crippen LogP contribution < -0.4 is 24.8 Å². The average Bonchev–Trinajstić information content (AvgIpc) is 2.14. The van der Waals surface area contributed by atoms with Gasteiger partial charge in [-0.1, -0.05) is 0 Å². The van der Waals surface area contributed by atoms with E-state index in [9.17, 15) is 65.9 Å². The molecule has 0 atom stereocenters. The van der Waals surface area contributed by atoms with Crippen LogP contribution in [0.25, 0.3) is 0 Å². The maximum absolute atomic E-state index is 10.4. The first-order valence-corrected chi connectivity index (χ1v) is 3.58. The van der Waals surface area contributed by atoms with Gasteiger partial charge in [0, 0.05) is 24.4 Å². The van der Waals surface area contributed by atoms with Gasteiger partial charge in [-0.05, 0) is 0 Å². The van der Waals surface area contributed by atoms with Crippen molar-refractivity contribution in [2.24, 2.45) is 0 Å². The minimum atomic E-state index is -5.42. The zero-order chi connectivity index (χ0) is 18.2. The topological polar surface area (TPSA) is 0 Å². The molecule has 0 N–H and O–H groups in total. The Morgan fingerprint density at radius 1 is 0.375 bits per heavy atom. The molecule has 0 amide bonds. The van der Waals surface area contributed by atoms with Crippen LogP contribution in [0.3, 0.4) is 0 Å². The first-order valence-electron chi connectivity index (χ1n) is 3.58. The zero-order valence-electron chi connectivity index (χ0n) is 9.87. The van der Waals surface area contributed by atoms with Crippen LogP contribution in [-0.4, -0.2) is 43.0 Å². The Morgan fingerprint density at radius 3 is 0.417 bits per heavy atom. The van der Waals surface area contributed by atoms with Crippen molar-refractivity contribution in [3.05, 3.63) is 19.3 Å². The average molecular weight is 550 g/mol. The van der Waals surface area contributed by atoms with Gasteiger partial charge in [-0.2, -0.15) is 65.9 Å². The van der Waals surface area contributed by atoms with Crippen LogP contribution in [0, 0.1) is 19.3 Å². The summed E-state index contributed by atoms with van der Waals surface area (Å²) in [4.78, 5) is 0. The molecular formula is C6Cl2F15Sb-2. The van der Waals surface area contributed by atoms with Crippen molar-refractivity contribution in [2.45, 2.75) is 18.5 Å². The van der Waals surface area contributed by atoms with E-state index < -0.39 is 37.8 Å². The summed E-state index contributed by atoms with van der Waals surface area (Å²) < 4.78 is 156. The fourth-order valence-corrected chi connectivity index (χ4v) is 0. The molecule has 0 fully saturated rings. The van der Waals surface area contributed by atoms with Crippen LogP contribution in [0.2, 0.25) is 0 Å². The third-order valence-electron chi connectivity index (χ3n) is 0.643. The van der Waals surface area contributed by atoms with Crippen molar-refractivity contribution in [3.8, 4) is 0 Å². The summed E-state index contributed by atoms with van der Waals surface area (Å²) in [7, 11) is 0. The molecule has 0 unspecified atom stereocenters. The molecule has 0 saturated carbocycles. The number of alkyl halides is 9. The van der Waals surface area contributed by atoms with Gasteiger partial charge in [0.15, 0.2) is 0 Å². The van der Waals surface area contributed by atoms with Gasteiger partial charge < -0.3 is 24.8 Å². The Labute approximate surface area is 153 Å². The first-order chi connectivity index (χ1) is 8.83. The summed E-state index contributed by atoms with van der Waals surface area (Å²) in [5, 5.41) is 0. The third kappa shape index (κ3) is 30.3. The summed E-state index contributed by atoms with van der Waals surface area (Å²) in [5.74, 6) is 0. The fourth-order valence-electron chi connectivity index (χ4n) is 0. The predicted octanol–water partition coefficient (Wildman–Crippen LogP) is -0.441. The second kappa shape index (κ2) is 15.6. The molecule has 0 saturated heterocycles. The van der Waals surface area contributed by atoms with Crippen molar-refractivity contribution >= 4 is 24.4 Å². The Balaban J connectivity index is -0.0000000476. The number of hydrogen-bond acceptors (Lipinski definition) is 0. The quantitative estimate of drug-likeness (QED) is 0.284. The molecule has 0 rings (SSSR count). The molecule has 0 aromatic rings. The van der Waals surface area contributed by atoms with Gasteiger partial charge in [0.2, 0.25) is 0 Å². The van der Waals surface area contributed by atoms with E-state index in [1.165, 1.54) is 0 Å². The van der Waals surface area contributed by atoms with E-state index in [-0.39, 0.29) is 49.2 Å². The van der Waals surface area contributed by atoms with E-state index in [0.29, 0.717) is 0 Å². The summed E-state index contributed by atoms with van der Waals surface area (Å²) in [6.45, 7) is 0. The summed E-state index contributed by atoms with van der Waals surface area (Å²) >= 11 is 0. The van der Waals surface area contributed by atoms with Crippen molar-refractivity contribution in [2.75, 3.05) is 0 Å². The van der Waals surface area contributed by atoms with Crippen molar-refractivity contribution in [1.29, 1.82) is 0 Å². The molecule has 0 aromatic carbocycles. The standard InChI is InChI=1S/3C2F5.2ClH.Sb/c3*3-1(4)2(5,6)7;;;/h;;;2*1H;/p-2. The molecule has 0 aliphatic heterocycles. The largest absolute Gasteiger partial charge is 1.00 e. The van der Waals surface area contributed by atoms with Crippen LogP contribution in [0.4, 0.5) is 65.9 Å². The minimum Gasteiger partial charge on any atom is -1.00 e. The molecule has 0 aliphatic rings. The van der Waals surface area contributed by atoms with Gasteiger partial charge in [-0.25, -0.2) is 0 Å². The van der Waals surface area contributed by atoms with Crippen LogP contribution in [0.15, 0.2) is 0 Å². The van der Waals surface area contributed by atoms with Crippen LogP contribution in [-0.2, 0) is 0 Å². The SMILES string of the molecule is F[C](F)C(F)(F)F.F[C](F)C(F)(F)F.F[C](F)C(F)(F)F.[Cl-].[Cl-].[Sb]. The van der Waals surface area contributed by atoms with Crippen molar-refractivity contribution in [1.82, 2.24) is 0 Å². The molecule has 0 aromatic heterocycles. The van der Waals surface area contributed by atoms with E-state index in [1.54, 1.807) is 0 Å². The summed E-state index contributed by atoms with van der Waals surface area (Å²) in [6, 6.07) is 0. The molecule has 18 heteroatoms. The molecule has 0 spiro atoms. The summed E-state index contributed by atoms with van der Waals surface area (Å²) in [6.07, 6.45) is -26.8. The van der Waals surface area contributed by atoms with E-state index in [0.717, 1.165) is 0 Å². The van der Waals surface area contributed by atoms with Gasteiger partial charge in [0.25, 0.3) is 0 Å².